The molecular formula is C12H16N2O3. The first kappa shape index (κ1) is 12.0. The number of hydrogen-bond acceptors (Lipinski definition) is 4. The number of aliphatic hydroxyl groups is 1. The number of rotatable bonds is 6. The summed E-state index contributed by atoms with van der Waals surface area (Å²) >= 11 is 0. The molecule has 0 radical (unpaired) electrons. The topological polar surface area (TPSA) is 75.4 Å². The Bertz CT molecular complexity index is 416. The Balaban J connectivity index is 1.92. The molecule has 0 aliphatic heterocycles. The van der Waals surface area contributed by atoms with Crippen molar-refractivity contribution in [2.24, 2.45) is 0 Å². The fourth-order valence-electron chi connectivity index (χ4n) is 1.90. The maximum absolute atomic E-state index is 10.8. The molecule has 0 bridgehead atoms. The van der Waals surface area contributed by atoms with Gasteiger partial charge in [0.2, 0.25) is 0 Å². The van der Waals surface area contributed by atoms with Crippen LogP contribution < -0.4 is 5.32 Å². The van der Waals surface area contributed by atoms with E-state index >= 15 is 0 Å². The highest BCUT2D eigenvalue weighted by Gasteiger charge is 2.41. The first-order valence-electron chi connectivity index (χ1n) is 5.75. The molecule has 0 heterocycles. The first-order chi connectivity index (χ1) is 8.17. The van der Waals surface area contributed by atoms with E-state index in [0.29, 0.717) is 13.0 Å². The average Bonchev–Trinajstić information content (AvgIpc) is 3.10. The molecule has 0 aromatic heterocycles. The minimum absolute atomic E-state index is 0.108. The molecule has 0 amide bonds. The van der Waals surface area contributed by atoms with Crippen molar-refractivity contribution in [3.63, 3.8) is 0 Å². The van der Waals surface area contributed by atoms with Gasteiger partial charge in [0.05, 0.1) is 11.5 Å². The molecule has 17 heavy (non-hydrogen) atoms. The number of nitro benzene ring substituents is 1. The summed E-state index contributed by atoms with van der Waals surface area (Å²) in [4.78, 5) is 10.4. The summed E-state index contributed by atoms with van der Waals surface area (Å²) in [5.41, 5.74) is 0.797. The van der Waals surface area contributed by atoms with E-state index < -0.39 is 0 Å². The molecule has 2 rings (SSSR count). The van der Waals surface area contributed by atoms with Crippen LogP contribution in [0.25, 0.3) is 0 Å². The third-order valence-electron chi connectivity index (χ3n) is 3.24. The van der Waals surface area contributed by atoms with Crippen molar-refractivity contribution >= 4 is 5.69 Å². The van der Waals surface area contributed by atoms with Crippen LogP contribution in [-0.2, 0) is 6.42 Å². The molecule has 2 N–H and O–H groups in total. The average molecular weight is 236 g/mol. The molecule has 1 aromatic carbocycles. The van der Waals surface area contributed by atoms with Crippen LogP contribution in [0.3, 0.4) is 0 Å². The maximum Gasteiger partial charge on any atom is 0.272 e. The fourth-order valence-corrected chi connectivity index (χ4v) is 1.90. The lowest BCUT2D eigenvalue weighted by Gasteiger charge is -2.13. The minimum atomic E-state index is -0.353. The summed E-state index contributed by atoms with van der Waals surface area (Å²) in [6.45, 7) is 0.801. The number of nitrogens with zero attached hydrogens (tertiary/aromatic N) is 1. The van der Waals surface area contributed by atoms with Crippen LogP contribution in [0.1, 0.15) is 18.4 Å². The molecular weight excluding hydrogens is 220 g/mol. The van der Waals surface area contributed by atoms with Crippen LogP contribution in [0.4, 0.5) is 5.69 Å². The Kier molecular flexibility index (Phi) is 3.40. The van der Waals surface area contributed by atoms with Crippen LogP contribution in [0, 0.1) is 10.1 Å². The Hall–Kier alpha value is -1.46. The fraction of sp³-hybridized carbons (Fsp3) is 0.500. The van der Waals surface area contributed by atoms with Crippen LogP contribution in [0.15, 0.2) is 24.3 Å². The molecule has 0 unspecified atom stereocenters. The standard InChI is InChI=1S/C12H16N2O3/c15-9-12(6-7-12)13-8-5-10-3-1-2-4-11(10)14(16)17/h1-4,13,15H,5-9H2. The number of benzene rings is 1. The molecule has 0 spiro atoms. The van der Waals surface area contributed by atoms with Crippen LogP contribution in [0.5, 0.6) is 0 Å². The van der Waals surface area contributed by atoms with Crippen molar-refractivity contribution < 1.29 is 10.0 Å². The highest BCUT2D eigenvalue weighted by molar-refractivity contribution is 5.39. The summed E-state index contributed by atoms with van der Waals surface area (Å²) in [5, 5.41) is 23.2. The first-order valence-corrected chi connectivity index (χ1v) is 5.75. The molecule has 1 saturated carbocycles. The van der Waals surface area contributed by atoms with E-state index in [1.165, 1.54) is 6.07 Å². The van der Waals surface area contributed by atoms with Gasteiger partial charge in [0, 0.05) is 23.7 Å². The lowest BCUT2D eigenvalue weighted by molar-refractivity contribution is -0.385. The second-order valence-corrected chi connectivity index (χ2v) is 4.50. The molecule has 1 aliphatic rings. The number of nitro groups is 1. The largest absolute Gasteiger partial charge is 0.394 e. The van der Waals surface area contributed by atoms with E-state index in [2.05, 4.69) is 5.32 Å². The van der Waals surface area contributed by atoms with Crippen molar-refractivity contribution in [2.45, 2.75) is 24.8 Å². The highest BCUT2D eigenvalue weighted by Crippen LogP contribution is 2.34. The zero-order valence-corrected chi connectivity index (χ0v) is 9.56. The Morgan fingerprint density at radius 2 is 2.12 bits per heavy atom. The number of nitrogens with one attached hydrogen (secondary N) is 1. The monoisotopic (exact) mass is 236 g/mol. The number of hydrogen-bond donors (Lipinski definition) is 2. The smallest absolute Gasteiger partial charge is 0.272 e. The second-order valence-electron chi connectivity index (χ2n) is 4.50. The predicted octanol–water partition coefficient (Wildman–Crippen LogP) is 1.25. The van der Waals surface area contributed by atoms with E-state index in [-0.39, 0.29) is 22.8 Å². The van der Waals surface area contributed by atoms with E-state index in [9.17, 15) is 10.1 Å². The molecule has 0 atom stereocenters. The Morgan fingerprint density at radius 1 is 1.41 bits per heavy atom. The molecule has 92 valence electrons. The van der Waals surface area contributed by atoms with E-state index in [0.717, 1.165) is 18.4 Å². The molecule has 1 fully saturated rings. The van der Waals surface area contributed by atoms with Crippen molar-refractivity contribution in [1.82, 2.24) is 5.32 Å². The third-order valence-corrected chi connectivity index (χ3v) is 3.24. The van der Waals surface area contributed by atoms with Crippen molar-refractivity contribution in [2.75, 3.05) is 13.2 Å². The number of aliphatic hydroxyl groups excluding tert-OH is 1. The van der Waals surface area contributed by atoms with E-state index in [1.807, 2.05) is 0 Å². The molecule has 5 nitrogen and oxygen atoms in total. The summed E-state index contributed by atoms with van der Waals surface area (Å²) in [5.74, 6) is 0. The van der Waals surface area contributed by atoms with Gasteiger partial charge < -0.3 is 10.4 Å². The Labute approximate surface area is 99.6 Å². The molecule has 0 saturated heterocycles. The van der Waals surface area contributed by atoms with Gasteiger partial charge >= 0.3 is 0 Å². The van der Waals surface area contributed by atoms with Gasteiger partial charge in [-0.15, -0.1) is 0 Å². The molecule has 1 aromatic rings. The lowest BCUT2D eigenvalue weighted by Crippen LogP contribution is -2.36. The van der Waals surface area contributed by atoms with Gasteiger partial charge in [-0.05, 0) is 19.3 Å². The van der Waals surface area contributed by atoms with E-state index in [4.69, 9.17) is 5.11 Å². The number of para-hydroxylation sites is 1. The van der Waals surface area contributed by atoms with Gasteiger partial charge in [0.1, 0.15) is 0 Å². The second kappa shape index (κ2) is 4.81. The summed E-state index contributed by atoms with van der Waals surface area (Å²) in [6.07, 6.45) is 2.58. The normalized spacial score (nSPS) is 16.8. The van der Waals surface area contributed by atoms with Gasteiger partial charge in [-0.2, -0.15) is 0 Å². The maximum atomic E-state index is 10.8. The van der Waals surface area contributed by atoms with Gasteiger partial charge in [0.25, 0.3) is 5.69 Å². The summed E-state index contributed by atoms with van der Waals surface area (Å²) in [6, 6.07) is 6.78. The zero-order chi connectivity index (χ0) is 12.3. The van der Waals surface area contributed by atoms with Gasteiger partial charge in [-0.3, -0.25) is 10.1 Å². The summed E-state index contributed by atoms with van der Waals surface area (Å²) < 4.78 is 0. The van der Waals surface area contributed by atoms with E-state index in [1.54, 1.807) is 18.2 Å². The zero-order valence-electron chi connectivity index (χ0n) is 9.56. The van der Waals surface area contributed by atoms with Gasteiger partial charge in [0.15, 0.2) is 0 Å². The van der Waals surface area contributed by atoms with Crippen LogP contribution in [-0.4, -0.2) is 28.7 Å². The Morgan fingerprint density at radius 3 is 2.71 bits per heavy atom. The van der Waals surface area contributed by atoms with Gasteiger partial charge in [-0.1, -0.05) is 18.2 Å². The lowest BCUT2D eigenvalue weighted by atomic mass is 10.1. The minimum Gasteiger partial charge on any atom is -0.394 e. The molecule has 5 heteroatoms. The SMILES string of the molecule is O=[N+]([O-])c1ccccc1CCNC1(CO)CC1. The quantitative estimate of drug-likeness (QED) is 0.575. The van der Waals surface area contributed by atoms with Crippen molar-refractivity contribution in [3.8, 4) is 0 Å². The van der Waals surface area contributed by atoms with Crippen LogP contribution >= 0.6 is 0 Å². The highest BCUT2D eigenvalue weighted by atomic mass is 16.6. The van der Waals surface area contributed by atoms with Crippen molar-refractivity contribution in [1.29, 1.82) is 0 Å². The summed E-state index contributed by atoms with van der Waals surface area (Å²) in [7, 11) is 0. The molecule has 1 aliphatic carbocycles. The van der Waals surface area contributed by atoms with Gasteiger partial charge in [-0.25, -0.2) is 0 Å². The predicted molar refractivity (Wildman–Crippen MR) is 63.9 cm³/mol. The van der Waals surface area contributed by atoms with Crippen molar-refractivity contribution in [3.05, 3.63) is 39.9 Å². The van der Waals surface area contributed by atoms with Crippen LogP contribution in [0.2, 0.25) is 0 Å². The third kappa shape index (κ3) is 2.81.